The van der Waals surface area contributed by atoms with E-state index in [-0.39, 0.29) is 0 Å². The van der Waals surface area contributed by atoms with Gasteiger partial charge in [0.05, 0.1) is 11.4 Å². The van der Waals surface area contributed by atoms with Crippen LogP contribution in [0.15, 0.2) is 95.6 Å². The molecule has 2 heteroatoms. The van der Waals surface area contributed by atoms with Crippen LogP contribution in [-0.2, 0) is 0 Å². The Morgan fingerprint density at radius 2 is 1.52 bits per heavy atom. The minimum absolute atomic E-state index is 0.361. The third-order valence-electron chi connectivity index (χ3n) is 10.2. The van der Waals surface area contributed by atoms with E-state index in [1.165, 1.54) is 114 Å². The van der Waals surface area contributed by atoms with Crippen LogP contribution in [0.4, 0.5) is 5.69 Å². The van der Waals surface area contributed by atoms with Crippen molar-refractivity contribution in [3.05, 3.63) is 118 Å². The Morgan fingerprint density at radius 1 is 0.840 bits per heavy atom. The third kappa shape index (κ3) is 12.0. The van der Waals surface area contributed by atoms with Gasteiger partial charge in [0.25, 0.3) is 0 Å². The third-order valence-corrected chi connectivity index (χ3v) is 10.2. The Labute approximate surface area is 306 Å². The number of hydrogen-bond donors (Lipinski definition) is 1. The van der Waals surface area contributed by atoms with Crippen LogP contribution in [0.1, 0.15) is 159 Å². The van der Waals surface area contributed by atoms with E-state index < -0.39 is 0 Å². The van der Waals surface area contributed by atoms with Crippen LogP contribution in [0.5, 0.6) is 0 Å². The number of unbranched alkanes of at least 4 members (excludes halogenated alkanes) is 4. The normalized spacial score (nSPS) is 16.1. The first-order valence-electron chi connectivity index (χ1n) is 19.7. The van der Waals surface area contributed by atoms with Crippen LogP contribution >= 0.6 is 0 Å². The fourth-order valence-corrected chi connectivity index (χ4v) is 7.27. The highest BCUT2D eigenvalue weighted by Gasteiger charge is 2.25. The molecule has 270 valence electrons. The standard InChI is InChI=1S/C41H51NO.C7H16/c1-8-15-40(43)34-23-25-36(31(7)26-34)41(32-17-11-10-12-18-32)37(24-20-28(3)4)33-22-21-30(6)39(27-33)42-38(9-2)35-19-14-13-16-29(35)5;1-3-5-7-6-4-2/h9,15-16,19,21-23,25-27,32,43H,2-3,8,10-14,17-18,20,24H2,1,4-7H3;3-7H2,1-2H3/b40-15-,41-37+,42-38?;. The van der Waals surface area contributed by atoms with Crippen molar-refractivity contribution in [3.63, 3.8) is 0 Å². The zero-order valence-electron chi connectivity index (χ0n) is 32.8. The van der Waals surface area contributed by atoms with Gasteiger partial charge in [0.15, 0.2) is 0 Å². The molecule has 0 atom stereocenters. The molecule has 0 bridgehead atoms. The summed E-state index contributed by atoms with van der Waals surface area (Å²) in [6, 6.07) is 13.3. The van der Waals surface area contributed by atoms with Gasteiger partial charge < -0.3 is 5.11 Å². The van der Waals surface area contributed by atoms with Gasteiger partial charge in [-0.3, -0.25) is 0 Å². The number of aliphatic hydroxyl groups is 1. The maximum absolute atomic E-state index is 10.6. The Bertz CT molecular complexity index is 1580. The van der Waals surface area contributed by atoms with Crippen LogP contribution in [0.3, 0.4) is 0 Å². The van der Waals surface area contributed by atoms with Crippen LogP contribution in [0, 0.1) is 19.8 Å². The fraction of sp³-hybridized carbons (Fsp3) is 0.479. The van der Waals surface area contributed by atoms with E-state index in [1.54, 1.807) is 0 Å². The Hall–Kier alpha value is -3.65. The van der Waals surface area contributed by atoms with E-state index in [1.807, 2.05) is 12.2 Å². The van der Waals surface area contributed by atoms with Gasteiger partial charge in [-0.2, -0.15) is 0 Å². The summed E-state index contributed by atoms with van der Waals surface area (Å²) in [4.78, 5) is 5.21. The fourth-order valence-electron chi connectivity index (χ4n) is 7.27. The van der Waals surface area contributed by atoms with Crippen molar-refractivity contribution >= 4 is 28.3 Å². The monoisotopic (exact) mass is 674 g/mol. The van der Waals surface area contributed by atoms with Crippen LogP contribution in [-0.4, -0.2) is 10.8 Å². The number of nitrogens with zero attached hydrogens (tertiary/aromatic N) is 1. The van der Waals surface area contributed by atoms with Gasteiger partial charge in [0, 0.05) is 5.56 Å². The molecular weight excluding hydrogens is 607 g/mol. The lowest BCUT2D eigenvalue weighted by molar-refractivity contribution is 0.429. The molecule has 2 nitrogen and oxygen atoms in total. The number of aryl methyl sites for hydroxylation is 2. The molecule has 0 amide bonds. The summed E-state index contributed by atoms with van der Waals surface area (Å²) in [5.74, 6) is 0.871. The summed E-state index contributed by atoms with van der Waals surface area (Å²) in [6.45, 7) is 23.6. The summed E-state index contributed by atoms with van der Waals surface area (Å²) in [7, 11) is 0. The maximum atomic E-state index is 10.6. The molecule has 2 aromatic rings. The molecule has 1 saturated carbocycles. The van der Waals surface area contributed by atoms with E-state index in [0.717, 1.165) is 49.1 Å². The second kappa shape index (κ2) is 21.5. The molecule has 0 aromatic heterocycles. The van der Waals surface area contributed by atoms with Gasteiger partial charge in [0.2, 0.25) is 0 Å². The predicted molar refractivity (Wildman–Crippen MR) is 223 cm³/mol. The molecule has 0 unspecified atom stereocenters. The van der Waals surface area contributed by atoms with Crippen molar-refractivity contribution in [2.75, 3.05) is 0 Å². The number of aliphatic hydroxyl groups excluding tert-OH is 1. The minimum atomic E-state index is 0.361. The summed E-state index contributed by atoms with van der Waals surface area (Å²) >= 11 is 0. The number of allylic oxidation sites excluding steroid dienone is 9. The van der Waals surface area contributed by atoms with Gasteiger partial charge >= 0.3 is 0 Å². The molecule has 0 radical (unpaired) electrons. The predicted octanol–water partition coefficient (Wildman–Crippen LogP) is 15.4. The van der Waals surface area contributed by atoms with Crippen molar-refractivity contribution in [1.82, 2.24) is 0 Å². The number of aliphatic imine (C=N–C) groups is 1. The Balaban J connectivity index is 0.000000872. The van der Waals surface area contributed by atoms with Gasteiger partial charge in [-0.25, -0.2) is 4.99 Å². The molecule has 0 saturated heterocycles. The average molecular weight is 674 g/mol. The second-order valence-corrected chi connectivity index (χ2v) is 14.6. The van der Waals surface area contributed by atoms with Crippen LogP contribution in [0.25, 0.3) is 16.9 Å². The Morgan fingerprint density at radius 3 is 2.12 bits per heavy atom. The largest absolute Gasteiger partial charge is 0.508 e. The molecule has 2 aromatic carbocycles. The lowest BCUT2D eigenvalue weighted by atomic mass is 9.75. The molecule has 2 aliphatic carbocycles. The molecule has 50 heavy (non-hydrogen) atoms. The number of rotatable bonds is 15. The summed E-state index contributed by atoms with van der Waals surface area (Å²) in [5.41, 5.74) is 14.3. The second-order valence-electron chi connectivity index (χ2n) is 14.6. The first-order chi connectivity index (χ1) is 24.1. The van der Waals surface area contributed by atoms with Crippen molar-refractivity contribution in [1.29, 1.82) is 0 Å². The van der Waals surface area contributed by atoms with E-state index >= 15 is 0 Å². The highest BCUT2D eigenvalue weighted by molar-refractivity contribution is 6.12. The zero-order valence-corrected chi connectivity index (χ0v) is 32.8. The number of benzene rings is 2. The maximum Gasteiger partial charge on any atom is 0.118 e. The molecule has 1 N–H and O–H groups in total. The van der Waals surface area contributed by atoms with Gasteiger partial charge in [-0.1, -0.05) is 121 Å². The smallest absolute Gasteiger partial charge is 0.118 e. The van der Waals surface area contributed by atoms with Gasteiger partial charge in [-0.15, -0.1) is 6.58 Å². The number of hydrogen-bond acceptors (Lipinski definition) is 2. The van der Waals surface area contributed by atoms with E-state index in [9.17, 15) is 5.11 Å². The highest BCUT2D eigenvalue weighted by Crippen LogP contribution is 2.44. The zero-order chi connectivity index (χ0) is 36.5. The molecule has 2 aliphatic rings. The van der Waals surface area contributed by atoms with Crippen molar-refractivity contribution < 1.29 is 5.11 Å². The SMILES string of the molecule is C=CC(=Nc1cc(/C(CCC(=C)C)=C(/c2ccc(/C(O)=C/CC)cc2C)C2CCCCC2)ccc1C)C1=CCCC=C1C.CCCCCCC. The van der Waals surface area contributed by atoms with E-state index in [0.29, 0.717) is 11.7 Å². The van der Waals surface area contributed by atoms with Gasteiger partial charge in [0.1, 0.15) is 5.76 Å². The van der Waals surface area contributed by atoms with Crippen LogP contribution in [0.2, 0.25) is 0 Å². The lowest BCUT2D eigenvalue weighted by Gasteiger charge is -2.29. The Kier molecular flexibility index (Phi) is 17.6. The first-order valence-corrected chi connectivity index (χ1v) is 19.7. The lowest BCUT2D eigenvalue weighted by Crippen LogP contribution is -2.12. The highest BCUT2D eigenvalue weighted by atomic mass is 16.3. The van der Waals surface area contributed by atoms with Crippen molar-refractivity contribution in [2.45, 2.75) is 145 Å². The molecule has 0 spiro atoms. The first kappa shape index (κ1) is 40.8. The topological polar surface area (TPSA) is 32.6 Å². The average Bonchev–Trinajstić information content (AvgIpc) is 3.11. The van der Waals surface area contributed by atoms with Crippen LogP contribution < -0.4 is 0 Å². The summed E-state index contributed by atoms with van der Waals surface area (Å²) < 4.78 is 0. The van der Waals surface area contributed by atoms with Crippen molar-refractivity contribution in [2.24, 2.45) is 10.9 Å². The summed E-state index contributed by atoms with van der Waals surface area (Å²) in [5, 5.41) is 10.6. The quantitative estimate of drug-likeness (QED) is 0.0659. The van der Waals surface area contributed by atoms with Crippen molar-refractivity contribution in [3.8, 4) is 0 Å². The summed E-state index contributed by atoms with van der Waals surface area (Å²) in [6.07, 6.45) is 26.5. The molecular formula is C48H67NO. The molecule has 0 heterocycles. The van der Waals surface area contributed by atoms with E-state index in [4.69, 9.17) is 4.99 Å². The molecule has 1 fully saturated rings. The minimum Gasteiger partial charge on any atom is -0.508 e. The van der Waals surface area contributed by atoms with Gasteiger partial charge in [-0.05, 0) is 147 Å². The molecule has 4 rings (SSSR count). The molecule has 0 aliphatic heterocycles. The van der Waals surface area contributed by atoms with E-state index in [2.05, 4.69) is 110 Å².